The summed E-state index contributed by atoms with van der Waals surface area (Å²) in [6.07, 6.45) is 7.18. The average molecular weight is 241 g/mol. The first-order valence-electron chi connectivity index (χ1n) is 7.11. The molecular weight excluding hydrogens is 214 g/mol. The maximum Gasteiger partial charge on any atom is 0.222 e. The first-order chi connectivity index (χ1) is 8.15. The number of likely N-dealkylation sites (tertiary alicyclic amines) is 1. The van der Waals surface area contributed by atoms with Gasteiger partial charge in [-0.25, -0.2) is 0 Å². The molecule has 0 radical (unpaired) electrons. The first-order valence-corrected chi connectivity index (χ1v) is 7.11. The SMILES string of the molecule is CCCCCCCC(=O)N1CCC(C)C(O)C1. The molecule has 1 N–H and O–H groups in total. The molecule has 100 valence electrons. The van der Waals surface area contributed by atoms with Gasteiger partial charge in [-0.05, 0) is 18.8 Å². The van der Waals surface area contributed by atoms with Gasteiger partial charge in [-0.2, -0.15) is 0 Å². The van der Waals surface area contributed by atoms with Gasteiger partial charge in [-0.1, -0.05) is 39.5 Å². The van der Waals surface area contributed by atoms with Crippen LogP contribution in [0.1, 0.15) is 58.8 Å². The van der Waals surface area contributed by atoms with Gasteiger partial charge in [0.1, 0.15) is 0 Å². The number of carbonyl (C=O) groups is 1. The van der Waals surface area contributed by atoms with E-state index in [2.05, 4.69) is 13.8 Å². The third-order valence-corrected chi connectivity index (χ3v) is 3.77. The van der Waals surface area contributed by atoms with E-state index >= 15 is 0 Å². The van der Waals surface area contributed by atoms with Gasteiger partial charge < -0.3 is 10.0 Å². The molecule has 0 aromatic carbocycles. The van der Waals surface area contributed by atoms with Crippen molar-refractivity contribution in [2.24, 2.45) is 5.92 Å². The third-order valence-electron chi connectivity index (χ3n) is 3.77. The first kappa shape index (κ1) is 14.5. The Kier molecular flexibility index (Phi) is 6.56. The number of hydrogen-bond donors (Lipinski definition) is 1. The number of carbonyl (C=O) groups excluding carboxylic acids is 1. The van der Waals surface area contributed by atoms with Crippen LogP contribution in [-0.4, -0.2) is 35.1 Å². The molecule has 1 amide bonds. The van der Waals surface area contributed by atoms with E-state index in [1.807, 2.05) is 4.90 Å². The largest absolute Gasteiger partial charge is 0.391 e. The van der Waals surface area contributed by atoms with Crippen LogP contribution in [0.25, 0.3) is 0 Å². The molecule has 0 spiro atoms. The minimum atomic E-state index is -0.326. The van der Waals surface area contributed by atoms with Crippen molar-refractivity contribution in [3.63, 3.8) is 0 Å². The minimum Gasteiger partial charge on any atom is -0.391 e. The van der Waals surface area contributed by atoms with E-state index in [1.165, 1.54) is 19.3 Å². The number of unbranched alkanes of at least 4 members (excludes halogenated alkanes) is 4. The zero-order valence-electron chi connectivity index (χ0n) is 11.3. The molecule has 1 rings (SSSR count). The van der Waals surface area contributed by atoms with E-state index < -0.39 is 0 Å². The second-order valence-corrected chi connectivity index (χ2v) is 5.34. The van der Waals surface area contributed by atoms with Crippen molar-refractivity contribution in [2.45, 2.75) is 64.9 Å². The highest BCUT2D eigenvalue weighted by Crippen LogP contribution is 2.18. The summed E-state index contributed by atoms with van der Waals surface area (Å²) in [5.41, 5.74) is 0. The smallest absolute Gasteiger partial charge is 0.222 e. The Labute approximate surface area is 105 Å². The van der Waals surface area contributed by atoms with Crippen molar-refractivity contribution in [1.29, 1.82) is 0 Å². The summed E-state index contributed by atoms with van der Waals surface area (Å²) in [5.74, 6) is 0.566. The van der Waals surface area contributed by atoms with Gasteiger partial charge in [0, 0.05) is 19.5 Å². The number of aliphatic hydroxyl groups is 1. The monoisotopic (exact) mass is 241 g/mol. The van der Waals surface area contributed by atoms with E-state index in [4.69, 9.17) is 0 Å². The van der Waals surface area contributed by atoms with Crippen molar-refractivity contribution >= 4 is 5.91 Å². The van der Waals surface area contributed by atoms with Gasteiger partial charge in [-0.3, -0.25) is 4.79 Å². The van der Waals surface area contributed by atoms with Crippen LogP contribution in [0.4, 0.5) is 0 Å². The molecule has 3 nitrogen and oxygen atoms in total. The van der Waals surface area contributed by atoms with Crippen LogP contribution in [0.3, 0.4) is 0 Å². The van der Waals surface area contributed by atoms with E-state index in [1.54, 1.807) is 0 Å². The molecule has 1 aliphatic rings. The summed E-state index contributed by atoms with van der Waals surface area (Å²) in [4.78, 5) is 13.7. The molecule has 2 unspecified atom stereocenters. The summed E-state index contributed by atoms with van der Waals surface area (Å²) in [6, 6.07) is 0. The molecule has 1 heterocycles. The number of amides is 1. The highest BCUT2D eigenvalue weighted by molar-refractivity contribution is 5.76. The number of β-amino-alcohol motifs (C(OH)–C–C–N with tert-alkyl or cyclic N) is 1. The Morgan fingerprint density at radius 3 is 2.65 bits per heavy atom. The van der Waals surface area contributed by atoms with Gasteiger partial charge in [-0.15, -0.1) is 0 Å². The Morgan fingerprint density at radius 1 is 1.29 bits per heavy atom. The lowest BCUT2D eigenvalue weighted by Crippen LogP contribution is -2.45. The van der Waals surface area contributed by atoms with Gasteiger partial charge in [0.25, 0.3) is 0 Å². The summed E-state index contributed by atoms with van der Waals surface area (Å²) in [7, 11) is 0. The van der Waals surface area contributed by atoms with E-state index in [-0.39, 0.29) is 12.0 Å². The van der Waals surface area contributed by atoms with Gasteiger partial charge in [0.15, 0.2) is 0 Å². The van der Waals surface area contributed by atoms with Crippen LogP contribution in [-0.2, 0) is 4.79 Å². The lowest BCUT2D eigenvalue weighted by molar-refractivity contribution is -0.135. The normalized spacial score (nSPS) is 25.0. The second kappa shape index (κ2) is 7.70. The number of piperidine rings is 1. The van der Waals surface area contributed by atoms with Crippen molar-refractivity contribution in [1.82, 2.24) is 4.90 Å². The Morgan fingerprint density at radius 2 is 2.00 bits per heavy atom. The molecule has 1 saturated heterocycles. The number of hydrogen-bond acceptors (Lipinski definition) is 2. The van der Waals surface area contributed by atoms with Crippen molar-refractivity contribution in [2.75, 3.05) is 13.1 Å². The van der Waals surface area contributed by atoms with E-state index in [0.717, 1.165) is 25.8 Å². The number of rotatable bonds is 6. The lowest BCUT2D eigenvalue weighted by Gasteiger charge is -2.34. The fourth-order valence-corrected chi connectivity index (χ4v) is 2.31. The predicted molar refractivity (Wildman–Crippen MR) is 69.7 cm³/mol. The maximum absolute atomic E-state index is 11.9. The Hall–Kier alpha value is -0.570. The van der Waals surface area contributed by atoms with E-state index in [9.17, 15) is 9.90 Å². The molecule has 17 heavy (non-hydrogen) atoms. The zero-order chi connectivity index (χ0) is 12.7. The van der Waals surface area contributed by atoms with Crippen molar-refractivity contribution in [3.8, 4) is 0 Å². The molecule has 1 fully saturated rings. The molecule has 0 saturated carbocycles. The van der Waals surface area contributed by atoms with Crippen molar-refractivity contribution in [3.05, 3.63) is 0 Å². The summed E-state index contributed by atoms with van der Waals surface area (Å²) >= 11 is 0. The van der Waals surface area contributed by atoms with Crippen LogP contribution in [0.2, 0.25) is 0 Å². The van der Waals surface area contributed by atoms with Crippen LogP contribution in [0.5, 0.6) is 0 Å². The molecule has 2 atom stereocenters. The molecule has 3 heteroatoms. The predicted octanol–water partition coefficient (Wildman–Crippen LogP) is 2.58. The summed E-state index contributed by atoms with van der Waals surface area (Å²) in [5, 5.41) is 9.74. The highest BCUT2D eigenvalue weighted by atomic mass is 16.3. The van der Waals surface area contributed by atoms with E-state index in [0.29, 0.717) is 18.9 Å². The highest BCUT2D eigenvalue weighted by Gasteiger charge is 2.26. The topological polar surface area (TPSA) is 40.5 Å². The fourth-order valence-electron chi connectivity index (χ4n) is 2.31. The lowest BCUT2D eigenvalue weighted by atomic mass is 9.96. The molecule has 0 aromatic heterocycles. The van der Waals surface area contributed by atoms with Gasteiger partial charge in [0.2, 0.25) is 5.91 Å². The standard InChI is InChI=1S/C14H27NO2/c1-3-4-5-6-7-8-14(17)15-10-9-12(2)13(16)11-15/h12-13,16H,3-11H2,1-2H3. The van der Waals surface area contributed by atoms with Crippen LogP contribution >= 0.6 is 0 Å². The number of aliphatic hydroxyl groups excluding tert-OH is 1. The summed E-state index contributed by atoms with van der Waals surface area (Å²) in [6.45, 7) is 5.61. The molecule has 0 bridgehead atoms. The Balaban J connectivity index is 2.15. The van der Waals surface area contributed by atoms with Crippen LogP contribution in [0.15, 0.2) is 0 Å². The maximum atomic E-state index is 11.9. The van der Waals surface area contributed by atoms with Crippen molar-refractivity contribution < 1.29 is 9.90 Å². The summed E-state index contributed by atoms with van der Waals surface area (Å²) < 4.78 is 0. The fraction of sp³-hybridized carbons (Fsp3) is 0.929. The third kappa shape index (κ3) is 5.07. The quantitative estimate of drug-likeness (QED) is 0.726. The molecule has 1 aliphatic heterocycles. The van der Waals surface area contributed by atoms with Crippen LogP contribution in [0, 0.1) is 5.92 Å². The Bertz CT molecular complexity index is 230. The van der Waals surface area contributed by atoms with Crippen LogP contribution < -0.4 is 0 Å². The molecule has 0 aromatic rings. The molecular formula is C14H27NO2. The average Bonchev–Trinajstić information content (AvgIpc) is 2.32. The van der Waals surface area contributed by atoms with Gasteiger partial charge in [0.05, 0.1) is 6.10 Å². The number of nitrogens with zero attached hydrogens (tertiary/aromatic N) is 1. The second-order valence-electron chi connectivity index (χ2n) is 5.34. The zero-order valence-corrected chi connectivity index (χ0v) is 11.3. The molecule has 0 aliphatic carbocycles. The van der Waals surface area contributed by atoms with Gasteiger partial charge >= 0.3 is 0 Å². The minimum absolute atomic E-state index is 0.229.